The summed E-state index contributed by atoms with van der Waals surface area (Å²) in [5.41, 5.74) is 3.27. The van der Waals surface area contributed by atoms with Crippen molar-refractivity contribution in [1.82, 2.24) is 29.9 Å². The number of ether oxygens (including phenoxy) is 1. The van der Waals surface area contributed by atoms with Gasteiger partial charge in [-0.25, -0.2) is 4.98 Å². The van der Waals surface area contributed by atoms with E-state index in [9.17, 15) is 8.78 Å². The van der Waals surface area contributed by atoms with Crippen LogP contribution in [0, 0.1) is 6.92 Å². The van der Waals surface area contributed by atoms with Crippen molar-refractivity contribution < 1.29 is 13.5 Å². The predicted molar refractivity (Wildman–Crippen MR) is 94.4 cm³/mol. The fraction of sp³-hybridized carbons (Fsp3) is 0.222. The van der Waals surface area contributed by atoms with E-state index in [1.54, 1.807) is 31.3 Å². The maximum absolute atomic E-state index is 13.4. The molecule has 4 aromatic rings. The number of aromatic amines is 1. The maximum Gasteiger partial charge on any atom is 0.320 e. The Kier molecular flexibility index (Phi) is 4.27. The van der Waals surface area contributed by atoms with Crippen molar-refractivity contribution in [2.45, 2.75) is 26.5 Å². The summed E-state index contributed by atoms with van der Waals surface area (Å²) in [6.45, 7) is 0.880. The van der Waals surface area contributed by atoms with Crippen LogP contribution < -0.4 is 4.74 Å². The number of aromatic nitrogens is 6. The van der Waals surface area contributed by atoms with Crippen molar-refractivity contribution >= 4 is 11.0 Å². The number of fused-ring (bicyclic) bond motifs is 1. The van der Waals surface area contributed by atoms with Crippen LogP contribution in [0.15, 0.2) is 42.9 Å². The molecule has 3 aromatic heterocycles. The number of aryl methyl sites for hydroxylation is 1. The van der Waals surface area contributed by atoms with Crippen LogP contribution in [0.2, 0.25) is 0 Å². The van der Waals surface area contributed by atoms with Crippen molar-refractivity contribution in [1.29, 1.82) is 0 Å². The molecule has 0 spiro atoms. The van der Waals surface area contributed by atoms with Crippen LogP contribution in [-0.2, 0) is 0 Å². The van der Waals surface area contributed by atoms with Crippen molar-refractivity contribution in [2.24, 2.45) is 0 Å². The van der Waals surface area contributed by atoms with Crippen LogP contribution in [0.3, 0.4) is 0 Å². The molecular formula is C18H16F2N6O. The molecule has 1 unspecified atom stereocenters. The van der Waals surface area contributed by atoms with Crippen molar-refractivity contribution in [3.05, 3.63) is 54.2 Å². The van der Waals surface area contributed by atoms with Gasteiger partial charge in [0.15, 0.2) is 0 Å². The number of alkyl halides is 2. The van der Waals surface area contributed by atoms with E-state index < -0.39 is 12.7 Å². The van der Waals surface area contributed by atoms with Gasteiger partial charge in [0, 0.05) is 11.8 Å². The number of benzene rings is 1. The Bertz CT molecular complexity index is 1080. The first-order chi connectivity index (χ1) is 13.0. The average molecular weight is 370 g/mol. The Morgan fingerprint density at radius 3 is 2.67 bits per heavy atom. The van der Waals surface area contributed by atoms with Gasteiger partial charge in [-0.15, -0.1) is 0 Å². The highest BCUT2D eigenvalue weighted by Gasteiger charge is 2.20. The molecule has 7 nitrogen and oxygen atoms in total. The van der Waals surface area contributed by atoms with Gasteiger partial charge >= 0.3 is 6.55 Å². The average Bonchev–Trinajstić information content (AvgIpc) is 3.28. The maximum atomic E-state index is 13.4. The summed E-state index contributed by atoms with van der Waals surface area (Å²) < 4.78 is 33.7. The number of H-pyrrole nitrogens is 1. The number of pyridine rings is 1. The minimum absolute atomic E-state index is 0.220. The summed E-state index contributed by atoms with van der Waals surface area (Å²) in [6.07, 6.45) is 2.32. The lowest BCUT2D eigenvalue weighted by Crippen LogP contribution is -2.07. The summed E-state index contributed by atoms with van der Waals surface area (Å²) >= 11 is 0. The van der Waals surface area contributed by atoms with E-state index in [-0.39, 0.29) is 11.3 Å². The summed E-state index contributed by atoms with van der Waals surface area (Å²) in [5, 5.41) is 10.7. The van der Waals surface area contributed by atoms with E-state index in [1.165, 1.54) is 0 Å². The van der Waals surface area contributed by atoms with E-state index in [2.05, 4.69) is 25.4 Å². The Morgan fingerprint density at radius 2 is 2.00 bits per heavy atom. The molecule has 1 atom stereocenters. The zero-order valence-corrected chi connectivity index (χ0v) is 14.6. The third-order valence-electron chi connectivity index (χ3n) is 4.25. The van der Waals surface area contributed by atoms with E-state index >= 15 is 0 Å². The molecule has 0 amide bonds. The number of halogens is 2. The molecule has 0 aliphatic heterocycles. The minimum atomic E-state index is -2.73. The topological polar surface area (TPSA) is 81.5 Å². The number of rotatable bonds is 5. The van der Waals surface area contributed by atoms with E-state index in [1.807, 2.05) is 19.1 Å². The van der Waals surface area contributed by atoms with Crippen LogP contribution in [0.4, 0.5) is 8.78 Å². The summed E-state index contributed by atoms with van der Waals surface area (Å²) in [5.74, 6) is 0.279. The Morgan fingerprint density at radius 1 is 1.15 bits per heavy atom. The minimum Gasteiger partial charge on any atom is -0.482 e. The van der Waals surface area contributed by atoms with Gasteiger partial charge in [-0.3, -0.25) is 9.55 Å². The molecular weight excluding hydrogens is 354 g/mol. The Balaban J connectivity index is 1.85. The first-order valence-corrected chi connectivity index (χ1v) is 8.28. The summed E-state index contributed by atoms with van der Waals surface area (Å²) in [6, 6.07) is 8.83. The normalized spacial score (nSPS) is 12.6. The highest BCUT2D eigenvalue weighted by Crippen LogP contribution is 2.36. The third kappa shape index (κ3) is 3.12. The van der Waals surface area contributed by atoms with Crippen LogP contribution in [0.1, 0.15) is 31.0 Å². The number of nitrogens with zero attached hydrogens (tertiary/aromatic N) is 5. The molecule has 0 aliphatic rings. The van der Waals surface area contributed by atoms with Gasteiger partial charge in [0.1, 0.15) is 29.4 Å². The van der Waals surface area contributed by atoms with Crippen LogP contribution in [-0.4, -0.2) is 29.9 Å². The molecule has 9 heteroatoms. The molecule has 0 bridgehead atoms. The van der Waals surface area contributed by atoms with Gasteiger partial charge < -0.3 is 4.74 Å². The van der Waals surface area contributed by atoms with E-state index in [0.29, 0.717) is 28.2 Å². The Hall–Kier alpha value is -3.36. The molecule has 1 aromatic carbocycles. The van der Waals surface area contributed by atoms with Crippen molar-refractivity contribution in [2.75, 3.05) is 0 Å². The lowest BCUT2D eigenvalue weighted by atomic mass is 10.1. The molecule has 0 aliphatic carbocycles. The van der Waals surface area contributed by atoms with E-state index in [0.717, 1.165) is 10.9 Å². The second-order valence-electron chi connectivity index (χ2n) is 6.04. The monoisotopic (exact) mass is 370 g/mol. The smallest absolute Gasteiger partial charge is 0.320 e. The van der Waals surface area contributed by atoms with Crippen LogP contribution in [0.25, 0.3) is 22.3 Å². The molecule has 0 fully saturated rings. The first kappa shape index (κ1) is 17.1. The molecule has 0 saturated heterocycles. The molecule has 0 radical (unpaired) electrons. The second kappa shape index (κ2) is 6.75. The SMILES string of the molecule is Cc1n[nH]nc1-c1cc(OC(C)c2ccccn2)c2c(c1)ncn2C(F)F. The fourth-order valence-corrected chi connectivity index (χ4v) is 2.93. The summed E-state index contributed by atoms with van der Waals surface area (Å²) in [4.78, 5) is 8.37. The lowest BCUT2D eigenvalue weighted by Gasteiger charge is -2.17. The zero-order valence-electron chi connectivity index (χ0n) is 14.6. The van der Waals surface area contributed by atoms with Gasteiger partial charge in [-0.05, 0) is 38.1 Å². The van der Waals surface area contributed by atoms with Crippen molar-refractivity contribution in [3.63, 3.8) is 0 Å². The van der Waals surface area contributed by atoms with Gasteiger partial charge in [0.05, 0.1) is 16.9 Å². The third-order valence-corrected chi connectivity index (χ3v) is 4.25. The predicted octanol–water partition coefficient (Wildman–Crippen LogP) is 4.06. The molecule has 27 heavy (non-hydrogen) atoms. The van der Waals surface area contributed by atoms with Crippen LogP contribution >= 0.6 is 0 Å². The highest BCUT2D eigenvalue weighted by atomic mass is 19.3. The molecule has 1 N–H and O–H groups in total. The van der Waals surface area contributed by atoms with Crippen LogP contribution in [0.5, 0.6) is 5.75 Å². The molecule has 0 saturated carbocycles. The zero-order chi connectivity index (χ0) is 19.0. The van der Waals surface area contributed by atoms with Gasteiger partial charge in [0.25, 0.3) is 0 Å². The first-order valence-electron chi connectivity index (χ1n) is 8.28. The molecule has 4 rings (SSSR count). The highest BCUT2D eigenvalue weighted by molar-refractivity contribution is 5.87. The van der Waals surface area contributed by atoms with E-state index in [4.69, 9.17) is 4.74 Å². The van der Waals surface area contributed by atoms with Gasteiger partial charge in [-0.2, -0.15) is 24.2 Å². The molecule has 138 valence electrons. The van der Waals surface area contributed by atoms with Gasteiger partial charge in [-0.1, -0.05) is 6.07 Å². The number of nitrogens with one attached hydrogen (secondary N) is 1. The number of hydrogen-bond acceptors (Lipinski definition) is 5. The standard InChI is InChI=1S/C18H16F2N6O/c1-10-16(24-25-23-10)12-7-14-17(26(9-22-14)18(19)20)15(8-12)27-11(2)13-5-3-4-6-21-13/h3-9,11,18H,1-2H3,(H,23,24,25). The second-order valence-corrected chi connectivity index (χ2v) is 6.04. The van der Waals surface area contributed by atoms with Crippen molar-refractivity contribution in [3.8, 4) is 17.0 Å². The van der Waals surface area contributed by atoms with Gasteiger partial charge in [0.2, 0.25) is 0 Å². The fourth-order valence-electron chi connectivity index (χ4n) is 2.93. The number of hydrogen-bond donors (Lipinski definition) is 1. The lowest BCUT2D eigenvalue weighted by molar-refractivity contribution is 0.0737. The Labute approximate surface area is 153 Å². The largest absolute Gasteiger partial charge is 0.482 e. The number of imidazole rings is 1. The molecule has 3 heterocycles. The quantitative estimate of drug-likeness (QED) is 0.573. The summed E-state index contributed by atoms with van der Waals surface area (Å²) in [7, 11) is 0.